The molecule has 4 N–H and O–H groups in total. The summed E-state index contributed by atoms with van der Waals surface area (Å²) < 4.78 is 0. The van der Waals surface area contributed by atoms with Crippen molar-refractivity contribution in [2.45, 2.75) is 63.8 Å². The molecule has 0 atom stereocenters. The minimum Gasteiger partial charge on any atom is -0.360 e. The molecular formula is C20H32N6. The van der Waals surface area contributed by atoms with Crippen LogP contribution in [0.2, 0.25) is 0 Å². The Bertz CT molecular complexity index is 691. The number of aromatic amines is 1. The quantitative estimate of drug-likeness (QED) is 0.465. The second-order valence-corrected chi connectivity index (χ2v) is 7.61. The van der Waals surface area contributed by atoms with Crippen LogP contribution in [0.4, 0.5) is 5.82 Å². The summed E-state index contributed by atoms with van der Waals surface area (Å²) in [6.45, 7) is 5.05. The number of aliphatic imine (C=N–C) groups is 1. The highest BCUT2D eigenvalue weighted by Crippen LogP contribution is 2.39. The van der Waals surface area contributed by atoms with Crippen molar-refractivity contribution in [3.05, 3.63) is 35.8 Å². The maximum absolute atomic E-state index is 6.23. The second kappa shape index (κ2) is 8.08. The van der Waals surface area contributed by atoms with E-state index in [0.29, 0.717) is 5.92 Å². The predicted octanol–water partition coefficient (Wildman–Crippen LogP) is 3.74. The number of rotatable bonds is 9. The van der Waals surface area contributed by atoms with Crippen molar-refractivity contribution in [1.29, 1.82) is 0 Å². The molecule has 0 aliphatic heterocycles. The zero-order valence-corrected chi connectivity index (χ0v) is 16.3. The fourth-order valence-corrected chi connectivity index (χ4v) is 2.91. The first kappa shape index (κ1) is 18.7. The lowest BCUT2D eigenvalue weighted by Crippen LogP contribution is -2.29. The average Bonchev–Trinajstić information content (AvgIpc) is 3.54. The van der Waals surface area contributed by atoms with E-state index in [-0.39, 0.29) is 5.54 Å². The van der Waals surface area contributed by atoms with Crippen LogP contribution in [0.1, 0.15) is 64.0 Å². The molecule has 1 aromatic rings. The van der Waals surface area contributed by atoms with E-state index in [9.17, 15) is 0 Å². The average molecular weight is 357 g/mol. The highest BCUT2D eigenvalue weighted by molar-refractivity contribution is 6.03. The molecule has 6 nitrogen and oxygen atoms in total. The van der Waals surface area contributed by atoms with Gasteiger partial charge in [-0.2, -0.15) is 5.10 Å². The van der Waals surface area contributed by atoms with Gasteiger partial charge in [-0.15, -0.1) is 0 Å². The van der Waals surface area contributed by atoms with Gasteiger partial charge in [0.2, 0.25) is 0 Å². The van der Waals surface area contributed by atoms with Gasteiger partial charge in [0, 0.05) is 36.8 Å². The van der Waals surface area contributed by atoms with Crippen molar-refractivity contribution >= 4 is 11.7 Å². The highest BCUT2D eigenvalue weighted by atomic mass is 15.2. The molecule has 0 saturated heterocycles. The molecule has 0 amide bonds. The molecule has 0 bridgehead atoms. The number of amidine groups is 1. The maximum atomic E-state index is 6.23. The van der Waals surface area contributed by atoms with E-state index in [1.54, 1.807) is 0 Å². The molecule has 0 unspecified atom stereocenters. The molecule has 142 valence electrons. The zero-order chi connectivity index (χ0) is 18.6. The van der Waals surface area contributed by atoms with Gasteiger partial charge in [0.1, 0.15) is 11.7 Å². The smallest absolute Gasteiger partial charge is 0.153 e. The molecule has 1 heterocycles. The van der Waals surface area contributed by atoms with Gasteiger partial charge >= 0.3 is 0 Å². The van der Waals surface area contributed by atoms with Gasteiger partial charge in [0.15, 0.2) is 5.82 Å². The van der Waals surface area contributed by atoms with Crippen LogP contribution in [0.5, 0.6) is 0 Å². The van der Waals surface area contributed by atoms with E-state index in [1.807, 2.05) is 19.1 Å². The first-order valence-corrected chi connectivity index (χ1v) is 9.77. The van der Waals surface area contributed by atoms with Gasteiger partial charge in [-0.05, 0) is 57.6 Å². The largest absolute Gasteiger partial charge is 0.360 e. The SMILES string of the molecule is C\C=C/C(=N\C(=C\CC)N(C)CCC1(N)CC1)Nc1cc(C2CC2)[nH]n1. The Morgan fingerprint density at radius 3 is 2.88 bits per heavy atom. The minimum absolute atomic E-state index is 0.0634. The molecule has 1 aromatic heterocycles. The lowest BCUT2D eigenvalue weighted by atomic mass is 10.2. The molecule has 0 radical (unpaired) electrons. The monoisotopic (exact) mass is 356 g/mol. The topological polar surface area (TPSA) is 82.3 Å². The van der Waals surface area contributed by atoms with Crippen LogP contribution in [0.15, 0.2) is 35.1 Å². The molecule has 3 rings (SSSR count). The fraction of sp³-hybridized carbons (Fsp3) is 0.600. The van der Waals surface area contributed by atoms with Crippen LogP contribution in [0.25, 0.3) is 0 Å². The van der Waals surface area contributed by atoms with E-state index < -0.39 is 0 Å². The van der Waals surface area contributed by atoms with Crippen molar-refractivity contribution in [2.75, 3.05) is 18.9 Å². The Balaban J connectivity index is 1.69. The van der Waals surface area contributed by atoms with E-state index in [0.717, 1.165) is 49.7 Å². The number of hydrogen-bond donors (Lipinski definition) is 3. The molecule has 0 aromatic carbocycles. The van der Waals surface area contributed by atoms with Gasteiger partial charge in [0.25, 0.3) is 0 Å². The normalized spacial score (nSPS) is 19.8. The Morgan fingerprint density at radius 1 is 1.50 bits per heavy atom. The summed E-state index contributed by atoms with van der Waals surface area (Å²) >= 11 is 0. The highest BCUT2D eigenvalue weighted by Gasteiger charge is 2.37. The zero-order valence-electron chi connectivity index (χ0n) is 16.3. The molecule has 2 aliphatic rings. The Hall–Kier alpha value is -2.08. The summed E-state index contributed by atoms with van der Waals surface area (Å²) in [5, 5.41) is 10.8. The van der Waals surface area contributed by atoms with Crippen molar-refractivity contribution < 1.29 is 0 Å². The van der Waals surface area contributed by atoms with Crippen LogP contribution >= 0.6 is 0 Å². The molecule has 2 aliphatic carbocycles. The Morgan fingerprint density at radius 2 is 2.27 bits per heavy atom. The van der Waals surface area contributed by atoms with Crippen LogP contribution in [-0.4, -0.2) is 40.1 Å². The Kier molecular flexibility index (Phi) is 5.81. The summed E-state index contributed by atoms with van der Waals surface area (Å²) in [6.07, 6.45) is 12.9. The van der Waals surface area contributed by atoms with Crippen LogP contribution < -0.4 is 11.1 Å². The third-order valence-corrected chi connectivity index (χ3v) is 5.05. The van der Waals surface area contributed by atoms with Crippen LogP contribution in [0, 0.1) is 0 Å². The Labute approximate surface area is 156 Å². The number of allylic oxidation sites excluding steroid dienone is 2. The van der Waals surface area contributed by atoms with Crippen LogP contribution in [0.3, 0.4) is 0 Å². The van der Waals surface area contributed by atoms with E-state index in [2.05, 4.69) is 46.5 Å². The summed E-state index contributed by atoms with van der Waals surface area (Å²) in [7, 11) is 2.09. The van der Waals surface area contributed by atoms with Gasteiger partial charge in [-0.3, -0.25) is 5.10 Å². The summed E-state index contributed by atoms with van der Waals surface area (Å²) in [6, 6.07) is 2.09. The number of H-pyrrole nitrogens is 1. The third-order valence-electron chi connectivity index (χ3n) is 5.05. The summed E-state index contributed by atoms with van der Waals surface area (Å²) in [4.78, 5) is 7.05. The van der Waals surface area contributed by atoms with Crippen molar-refractivity contribution in [1.82, 2.24) is 15.1 Å². The van der Waals surface area contributed by atoms with E-state index in [1.165, 1.54) is 18.5 Å². The van der Waals surface area contributed by atoms with Crippen molar-refractivity contribution in [2.24, 2.45) is 10.7 Å². The number of hydrogen-bond acceptors (Lipinski definition) is 4. The fourth-order valence-electron chi connectivity index (χ4n) is 2.91. The van der Waals surface area contributed by atoms with Gasteiger partial charge in [-0.1, -0.05) is 13.0 Å². The number of anilines is 1. The van der Waals surface area contributed by atoms with Gasteiger partial charge in [0.05, 0.1) is 0 Å². The van der Waals surface area contributed by atoms with Gasteiger partial charge in [-0.25, -0.2) is 4.99 Å². The number of nitrogens with zero attached hydrogens (tertiary/aromatic N) is 3. The number of nitrogens with two attached hydrogens (primary N) is 1. The van der Waals surface area contributed by atoms with Crippen molar-refractivity contribution in [3.8, 4) is 0 Å². The lowest BCUT2D eigenvalue weighted by molar-refractivity contribution is 0.378. The molecule has 26 heavy (non-hydrogen) atoms. The van der Waals surface area contributed by atoms with E-state index in [4.69, 9.17) is 10.7 Å². The number of nitrogens with one attached hydrogen (secondary N) is 2. The second-order valence-electron chi connectivity index (χ2n) is 7.61. The summed E-state index contributed by atoms with van der Waals surface area (Å²) in [5.41, 5.74) is 7.51. The lowest BCUT2D eigenvalue weighted by Gasteiger charge is -2.22. The van der Waals surface area contributed by atoms with E-state index >= 15 is 0 Å². The van der Waals surface area contributed by atoms with Crippen LogP contribution in [-0.2, 0) is 0 Å². The molecular weight excluding hydrogens is 324 g/mol. The molecule has 6 heteroatoms. The first-order chi connectivity index (χ1) is 12.5. The number of aromatic nitrogens is 2. The summed E-state index contributed by atoms with van der Waals surface area (Å²) in [5.74, 6) is 3.24. The standard InChI is InChI=1S/C20H32N6/c1-4-6-17(22-18-14-16(24-25-18)15-8-9-15)23-19(7-5-2)26(3)13-12-20(21)10-11-20/h4,6-7,14-15H,5,8-13,21H2,1-3H3,(H2,22,23,24,25)/b6-4-,19-7-. The maximum Gasteiger partial charge on any atom is 0.153 e. The molecule has 2 saturated carbocycles. The first-order valence-electron chi connectivity index (χ1n) is 9.77. The molecule has 2 fully saturated rings. The van der Waals surface area contributed by atoms with Crippen molar-refractivity contribution in [3.63, 3.8) is 0 Å². The minimum atomic E-state index is 0.0634. The predicted molar refractivity (Wildman–Crippen MR) is 108 cm³/mol. The van der Waals surface area contributed by atoms with Gasteiger partial charge < -0.3 is 16.0 Å². The molecule has 0 spiro atoms. The third kappa shape index (κ3) is 5.21.